The number of esters is 2. The minimum Gasteiger partial charge on any atom is -0.508 e. The van der Waals surface area contributed by atoms with Gasteiger partial charge in [0.15, 0.2) is 75.8 Å². The number of hydrogen-bond acceptors (Lipinski definition) is 20. The van der Waals surface area contributed by atoms with E-state index in [1.807, 2.05) is 0 Å². The van der Waals surface area contributed by atoms with Crippen molar-refractivity contribution in [3.05, 3.63) is 118 Å². The van der Waals surface area contributed by atoms with Crippen molar-refractivity contribution in [2.24, 2.45) is 0 Å². The summed E-state index contributed by atoms with van der Waals surface area (Å²) in [5.74, 6) is -15.6. The molecule has 14 N–H and O–H groups in total. The summed E-state index contributed by atoms with van der Waals surface area (Å²) in [4.78, 5) is 27.6. The third-order valence-electron chi connectivity index (χ3n) is 10.7. The molecule has 0 fully saturated rings. The molecule has 20 nitrogen and oxygen atoms in total. The first-order chi connectivity index (χ1) is 30.3. The number of hydrogen-bond donors (Lipinski definition) is 14. The lowest BCUT2D eigenvalue weighted by atomic mass is 9.77. The van der Waals surface area contributed by atoms with Gasteiger partial charge in [0, 0.05) is 52.4 Å². The number of aromatic hydroxyl groups is 14. The second-order valence-corrected chi connectivity index (χ2v) is 14.8. The third kappa shape index (κ3) is 7.23. The highest BCUT2D eigenvalue weighted by atomic mass is 16.6. The van der Waals surface area contributed by atoms with E-state index in [1.165, 1.54) is 12.1 Å². The molecule has 0 aromatic heterocycles. The smallest absolute Gasteiger partial charge is 0.338 e. The number of ether oxygens (including phenoxy) is 4. The Labute approximate surface area is 358 Å². The number of fused-ring (bicyclic) bond motifs is 2. The van der Waals surface area contributed by atoms with Gasteiger partial charge in [0.05, 0.1) is 17.0 Å². The minimum absolute atomic E-state index is 0.0106. The molecule has 0 spiro atoms. The summed E-state index contributed by atoms with van der Waals surface area (Å²) < 4.78 is 24.6. The van der Waals surface area contributed by atoms with Gasteiger partial charge in [0.25, 0.3) is 0 Å². The highest BCUT2D eigenvalue weighted by Gasteiger charge is 2.49. The first kappa shape index (κ1) is 41.8. The average molecular weight is 883 g/mol. The Kier molecular flexibility index (Phi) is 10.1. The van der Waals surface area contributed by atoms with Crippen LogP contribution in [0.25, 0.3) is 0 Å². The van der Waals surface area contributed by atoms with Gasteiger partial charge in [0.2, 0.25) is 0 Å². The van der Waals surface area contributed by atoms with Crippen LogP contribution in [-0.4, -0.2) is 95.6 Å². The van der Waals surface area contributed by atoms with Crippen LogP contribution in [0, 0.1) is 0 Å². The molecule has 330 valence electrons. The van der Waals surface area contributed by atoms with Gasteiger partial charge in [-0.2, -0.15) is 0 Å². The maximum absolute atomic E-state index is 14.1. The van der Waals surface area contributed by atoms with E-state index in [1.54, 1.807) is 0 Å². The number of carbonyl (C=O) groups is 2. The maximum Gasteiger partial charge on any atom is 0.338 e. The van der Waals surface area contributed by atoms with Crippen molar-refractivity contribution in [3.8, 4) is 92.0 Å². The van der Waals surface area contributed by atoms with Gasteiger partial charge in [-0.15, -0.1) is 0 Å². The third-order valence-corrected chi connectivity index (χ3v) is 10.7. The van der Waals surface area contributed by atoms with Gasteiger partial charge in [-0.3, -0.25) is 0 Å². The molecule has 6 aromatic carbocycles. The van der Waals surface area contributed by atoms with E-state index in [0.717, 1.165) is 66.7 Å². The molecule has 2 aliphatic rings. The Hall–Kier alpha value is -8.94. The second kappa shape index (κ2) is 15.5. The zero-order valence-electron chi connectivity index (χ0n) is 32.3. The number of benzene rings is 6. The predicted molar refractivity (Wildman–Crippen MR) is 213 cm³/mol. The van der Waals surface area contributed by atoms with Crippen molar-refractivity contribution in [1.82, 2.24) is 0 Å². The molecule has 0 radical (unpaired) electrons. The van der Waals surface area contributed by atoms with E-state index in [-0.39, 0.29) is 33.6 Å². The number of phenols is 14. The summed E-state index contributed by atoms with van der Waals surface area (Å²) in [5.41, 5.74) is -1.85. The minimum atomic E-state index is -1.85. The lowest BCUT2D eigenvalue weighted by Gasteiger charge is -2.42. The molecule has 8 rings (SSSR count). The van der Waals surface area contributed by atoms with Crippen LogP contribution in [0.5, 0.6) is 92.0 Å². The Bertz CT molecular complexity index is 2860. The van der Waals surface area contributed by atoms with Crippen molar-refractivity contribution < 1.29 is 100 Å². The zero-order chi connectivity index (χ0) is 46.0. The van der Waals surface area contributed by atoms with Gasteiger partial charge in [-0.1, -0.05) is 12.1 Å². The Morgan fingerprint density at radius 1 is 0.469 bits per heavy atom. The molecule has 5 atom stereocenters. The van der Waals surface area contributed by atoms with Crippen molar-refractivity contribution in [2.45, 2.75) is 36.8 Å². The topological polar surface area (TPSA) is 354 Å². The van der Waals surface area contributed by atoms with Crippen LogP contribution in [0.3, 0.4) is 0 Å². The van der Waals surface area contributed by atoms with E-state index < -0.39 is 146 Å². The fourth-order valence-electron chi connectivity index (χ4n) is 7.74. The summed E-state index contributed by atoms with van der Waals surface area (Å²) in [5, 5.41) is 147. The van der Waals surface area contributed by atoms with Crippen molar-refractivity contribution in [2.75, 3.05) is 0 Å². The molecule has 0 aliphatic carbocycles. The molecule has 0 bridgehead atoms. The molecular formula is C44H34O20. The van der Waals surface area contributed by atoms with E-state index >= 15 is 0 Å². The zero-order valence-corrected chi connectivity index (χ0v) is 32.3. The first-order valence-corrected chi connectivity index (χ1v) is 18.7. The molecule has 0 amide bonds. The Balaban J connectivity index is 1.34. The molecule has 2 aliphatic heterocycles. The lowest BCUT2D eigenvalue weighted by Crippen LogP contribution is -2.40. The molecule has 0 saturated carbocycles. The normalized spacial score (nSPS) is 18.7. The van der Waals surface area contributed by atoms with Crippen molar-refractivity contribution in [3.63, 3.8) is 0 Å². The summed E-state index contributed by atoms with van der Waals surface area (Å²) in [7, 11) is 0. The van der Waals surface area contributed by atoms with Gasteiger partial charge in [0.1, 0.15) is 40.6 Å². The van der Waals surface area contributed by atoms with Crippen LogP contribution < -0.4 is 9.47 Å². The lowest BCUT2D eigenvalue weighted by molar-refractivity contribution is -0.0303. The highest BCUT2D eigenvalue weighted by Crippen LogP contribution is 2.58. The molecule has 0 saturated heterocycles. The standard InChI is InChI=1S/C44H34O20/c45-19-11-26(51)34-32(12-19)61-40(16-2-4-22(47)25(50)6-16)42(64-44(60)18-9-30(55)38(58)31(56)10-18)36(34)35-27(52)14-23(48)20-13-33(62-43(59)17-7-28(53)37(57)29(54)8-17)39(63-41(20)35)15-1-3-21(46)24(49)5-15/h1-12,14,33,36,39-40,42,45-58H,13H2/t33-,36+,39-,40-,42-/m1/s1. The number of rotatable bonds is 7. The van der Waals surface area contributed by atoms with Crippen LogP contribution in [0.4, 0.5) is 0 Å². The summed E-state index contributed by atoms with van der Waals surface area (Å²) in [6.07, 6.45) is -6.98. The fraction of sp³-hybridized carbons (Fsp3) is 0.136. The molecule has 64 heavy (non-hydrogen) atoms. The van der Waals surface area contributed by atoms with Crippen LogP contribution >= 0.6 is 0 Å². The molecule has 20 heteroatoms. The summed E-state index contributed by atoms with van der Waals surface area (Å²) in [6, 6.07) is 12.6. The largest absolute Gasteiger partial charge is 0.508 e. The second-order valence-electron chi connectivity index (χ2n) is 14.8. The van der Waals surface area contributed by atoms with E-state index in [4.69, 9.17) is 18.9 Å². The van der Waals surface area contributed by atoms with Gasteiger partial charge >= 0.3 is 11.9 Å². The molecule has 6 aromatic rings. The highest BCUT2D eigenvalue weighted by molar-refractivity contribution is 5.92. The van der Waals surface area contributed by atoms with E-state index in [2.05, 4.69) is 0 Å². The summed E-state index contributed by atoms with van der Waals surface area (Å²) >= 11 is 0. The number of phenolic OH excluding ortho intramolecular Hbond substituents is 14. The fourth-order valence-corrected chi connectivity index (χ4v) is 7.74. The van der Waals surface area contributed by atoms with Crippen LogP contribution in [0.2, 0.25) is 0 Å². The van der Waals surface area contributed by atoms with E-state index in [9.17, 15) is 81.1 Å². The SMILES string of the molecule is O=C(O[C@@H]1[C@H](c2c(O)cc(O)c3c2O[C@H](c2ccc(O)c(O)c2)[C@H](OC(=O)c2cc(O)c(O)c(O)c2)C3)c2c(O)cc(O)cc2O[C@@H]1c1ccc(O)c(O)c1)c1cc(O)c(O)c(O)c1. The monoisotopic (exact) mass is 882 g/mol. The Morgan fingerprint density at radius 2 is 0.969 bits per heavy atom. The number of carbonyl (C=O) groups excluding carboxylic acids is 2. The predicted octanol–water partition coefficient (Wildman–Crippen LogP) is 4.96. The average Bonchev–Trinajstić information content (AvgIpc) is 3.23. The summed E-state index contributed by atoms with van der Waals surface area (Å²) in [6.45, 7) is 0. The van der Waals surface area contributed by atoms with E-state index in [0.29, 0.717) is 0 Å². The van der Waals surface area contributed by atoms with Crippen molar-refractivity contribution >= 4 is 11.9 Å². The van der Waals surface area contributed by atoms with Gasteiger partial charge in [-0.25, -0.2) is 9.59 Å². The maximum atomic E-state index is 14.1. The quantitative estimate of drug-likeness (QED) is 0.0744. The molecule has 0 unspecified atom stereocenters. The Morgan fingerprint density at radius 3 is 1.50 bits per heavy atom. The van der Waals surface area contributed by atoms with Gasteiger partial charge in [-0.05, 0) is 48.5 Å². The van der Waals surface area contributed by atoms with Crippen LogP contribution in [-0.2, 0) is 15.9 Å². The van der Waals surface area contributed by atoms with Crippen LogP contribution in [0.1, 0.15) is 66.7 Å². The first-order valence-electron chi connectivity index (χ1n) is 18.7. The molecular weight excluding hydrogens is 848 g/mol. The van der Waals surface area contributed by atoms with Crippen LogP contribution in [0.15, 0.2) is 78.9 Å². The van der Waals surface area contributed by atoms with Gasteiger partial charge < -0.3 is 90.4 Å². The van der Waals surface area contributed by atoms with Crippen molar-refractivity contribution in [1.29, 1.82) is 0 Å². The molecule has 2 heterocycles.